The Morgan fingerprint density at radius 1 is 0.250 bits per heavy atom. The highest BCUT2D eigenvalue weighted by atomic mass is 15.1. The Hall–Kier alpha value is -7.42. The molecule has 264 valence electrons. The number of fused-ring (bicyclic) bond motifs is 3. The summed E-state index contributed by atoms with van der Waals surface area (Å²) in [4.78, 5) is 2.38. The predicted octanol–water partition coefficient (Wildman–Crippen LogP) is 14.9. The van der Waals surface area contributed by atoms with E-state index in [1.807, 2.05) is 0 Å². The van der Waals surface area contributed by atoms with Gasteiger partial charge in [-0.1, -0.05) is 176 Å². The molecular weight excluding hydrogens is 677 g/mol. The van der Waals surface area contributed by atoms with E-state index in [1.54, 1.807) is 0 Å². The highest BCUT2D eigenvalue weighted by Gasteiger charge is 2.17. The summed E-state index contributed by atoms with van der Waals surface area (Å²) in [6.07, 6.45) is 0. The average molecular weight is 715 g/mol. The maximum atomic E-state index is 2.39. The van der Waals surface area contributed by atoms with Crippen LogP contribution in [0.5, 0.6) is 0 Å². The fourth-order valence-corrected chi connectivity index (χ4v) is 8.02. The Balaban J connectivity index is 1.06. The molecule has 0 bridgehead atoms. The highest BCUT2D eigenvalue weighted by molar-refractivity contribution is 6.09. The normalized spacial score (nSPS) is 11.2. The number of nitrogens with zero attached hydrogens (tertiary/aromatic N) is 2. The van der Waals surface area contributed by atoms with Crippen molar-refractivity contribution in [1.29, 1.82) is 0 Å². The molecule has 0 amide bonds. The molecule has 2 nitrogen and oxygen atoms in total. The van der Waals surface area contributed by atoms with Gasteiger partial charge in [-0.15, -0.1) is 0 Å². The summed E-state index contributed by atoms with van der Waals surface area (Å²) in [5, 5.41) is 2.51. The van der Waals surface area contributed by atoms with Crippen LogP contribution < -0.4 is 4.90 Å². The number of anilines is 3. The third kappa shape index (κ3) is 6.24. The van der Waals surface area contributed by atoms with Crippen LogP contribution in [0.1, 0.15) is 0 Å². The zero-order valence-electron chi connectivity index (χ0n) is 30.8. The van der Waals surface area contributed by atoms with E-state index in [1.165, 1.54) is 66.3 Å². The molecule has 1 heterocycles. The number of rotatable bonds is 8. The molecule has 0 aliphatic rings. The van der Waals surface area contributed by atoms with E-state index >= 15 is 0 Å². The largest absolute Gasteiger partial charge is 0.310 e. The Kier molecular flexibility index (Phi) is 8.55. The van der Waals surface area contributed by atoms with Gasteiger partial charge in [0, 0.05) is 33.5 Å². The maximum absolute atomic E-state index is 2.39. The SMILES string of the molecule is c1ccc(-c2ccc(-c3ccc(N(c4cccc(-c5ccc(-c6ccccc6)cc5)c4)c4cccc(-n5c6ccccc6c6ccccc65)c4)cc3)cc2)cc1. The first-order valence-corrected chi connectivity index (χ1v) is 19.2. The molecule has 0 radical (unpaired) electrons. The molecule has 0 saturated carbocycles. The number of hydrogen-bond acceptors (Lipinski definition) is 1. The molecule has 0 aliphatic carbocycles. The van der Waals surface area contributed by atoms with Crippen molar-refractivity contribution in [3.63, 3.8) is 0 Å². The second-order valence-corrected chi connectivity index (χ2v) is 14.2. The van der Waals surface area contributed by atoms with Crippen molar-refractivity contribution >= 4 is 38.9 Å². The summed E-state index contributed by atoms with van der Waals surface area (Å²) in [7, 11) is 0. The molecule has 0 spiro atoms. The standard InChI is InChI=1S/C54H38N2/c1-3-13-39(14-4-1)41-25-27-43(28-26-41)44-33-35-47(36-34-44)55(48-18-11-17-46(37-48)45-31-29-42(30-32-45)40-15-5-2-6-16-40)49-19-12-20-50(38-49)56-53-23-9-7-21-51(53)52-22-8-10-24-54(52)56/h1-38H. The monoisotopic (exact) mass is 714 g/mol. The van der Waals surface area contributed by atoms with Crippen molar-refractivity contribution in [3.05, 3.63) is 231 Å². The first-order valence-electron chi connectivity index (χ1n) is 19.2. The molecule has 1 aromatic heterocycles. The summed E-state index contributed by atoms with van der Waals surface area (Å²) in [5.74, 6) is 0. The van der Waals surface area contributed by atoms with Crippen LogP contribution in [0.25, 0.3) is 72.0 Å². The van der Waals surface area contributed by atoms with Crippen LogP contribution >= 0.6 is 0 Å². The molecule has 0 aliphatic heterocycles. The molecule has 0 fully saturated rings. The van der Waals surface area contributed by atoms with E-state index < -0.39 is 0 Å². The molecule has 0 unspecified atom stereocenters. The number of para-hydroxylation sites is 2. The van der Waals surface area contributed by atoms with Gasteiger partial charge in [-0.25, -0.2) is 0 Å². The van der Waals surface area contributed by atoms with Gasteiger partial charge in [0.25, 0.3) is 0 Å². The van der Waals surface area contributed by atoms with Crippen LogP contribution in [-0.2, 0) is 0 Å². The minimum Gasteiger partial charge on any atom is -0.310 e. The molecule has 10 aromatic rings. The van der Waals surface area contributed by atoms with Gasteiger partial charge in [0.15, 0.2) is 0 Å². The van der Waals surface area contributed by atoms with Crippen molar-refractivity contribution in [2.24, 2.45) is 0 Å². The van der Waals surface area contributed by atoms with Crippen LogP contribution in [0.4, 0.5) is 17.1 Å². The summed E-state index contributed by atoms with van der Waals surface area (Å²) in [6, 6.07) is 83.0. The number of aromatic nitrogens is 1. The average Bonchev–Trinajstić information content (AvgIpc) is 3.62. The molecule has 56 heavy (non-hydrogen) atoms. The second-order valence-electron chi connectivity index (χ2n) is 14.2. The van der Waals surface area contributed by atoms with Crippen molar-refractivity contribution in [3.8, 4) is 50.2 Å². The van der Waals surface area contributed by atoms with Crippen LogP contribution in [0.2, 0.25) is 0 Å². The zero-order chi connectivity index (χ0) is 37.3. The van der Waals surface area contributed by atoms with Gasteiger partial charge in [-0.3, -0.25) is 0 Å². The van der Waals surface area contributed by atoms with Crippen LogP contribution in [0.3, 0.4) is 0 Å². The van der Waals surface area contributed by atoms with Gasteiger partial charge in [-0.2, -0.15) is 0 Å². The topological polar surface area (TPSA) is 8.17 Å². The quantitative estimate of drug-likeness (QED) is 0.152. The summed E-state index contributed by atoms with van der Waals surface area (Å²) >= 11 is 0. The number of hydrogen-bond donors (Lipinski definition) is 0. The molecule has 9 aromatic carbocycles. The minimum atomic E-state index is 1.08. The van der Waals surface area contributed by atoms with Crippen molar-refractivity contribution < 1.29 is 0 Å². The molecule has 0 saturated heterocycles. The Bertz CT molecular complexity index is 2870. The van der Waals surface area contributed by atoms with Crippen molar-refractivity contribution in [2.75, 3.05) is 4.90 Å². The highest BCUT2D eigenvalue weighted by Crippen LogP contribution is 2.40. The van der Waals surface area contributed by atoms with E-state index in [-0.39, 0.29) is 0 Å². The molecule has 0 atom stereocenters. The lowest BCUT2D eigenvalue weighted by Gasteiger charge is -2.27. The van der Waals surface area contributed by atoms with E-state index in [0.29, 0.717) is 0 Å². The molecule has 2 heteroatoms. The lowest BCUT2D eigenvalue weighted by molar-refractivity contribution is 1.17. The fraction of sp³-hybridized carbons (Fsp3) is 0. The third-order valence-electron chi connectivity index (χ3n) is 10.8. The van der Waals surface area contributed by atoms with Gasteiger partial charge in [0.1, 0.15) is 0 Å². The minimum absolute atomic E-state index is 1.08. The second kappa shape index (κ2) is 14.4. The maximum Gasteiger partial charge on any atom is 0.0541 e. The lowest BCUT2D eigenvalue weighted by Crippen LogP contribution is -2.10. The Labute approximate surface area is 327 Å². The Morgan fingerprint density at radius 2 is 0.625 bits per heavy atom. The lowest BCUT2D eigenvalue weighted by atomic mass is 9.99. The van der Waals surface area contributed by atoms with Crippen molar-refractivity contribution in [2.45, 2.75) is 0 Å². The fourth-order valence-electron chi connectivity index (χ4n) is 8.02. The van der Waals surface area contributed by atoms with E-state index in [4.69, 9.17) is 0 Å². The Morgan fingerprint density at radius 3 is 1.14 bits per heavy atom. The first kappa shape index (κ1) is 33.2. The molecule has 0 N–H and O–H groups in total. The predicted molar refractivity (Wildman–Crippen MR) is 237 cm³/mol. The smallest absolute Gasteiger partial charge is 0.0541 e. The van der Waals surface area contributed by atoms with Gasteiger partial charge < -0.3 is 9.47 Å². The van der Waals surface area contributed by atoms with Gasteiger partial charge >= 0.3 is 0 Å². The van der Waals surface area contributed by atoms with Crippen LogP contribution in [-0.4, -0.2) is 4.57 Å². The molecule has 10 rings (SSSR count). The van der Waals surface area contributed by atoms with Crippen LogP contribution in [0, 0.1) is 0 Å². The van der Waals surface area contributed by atoms with Gasteiger partial charge in [-0.05, 0) is 99.1 Å². The first-order chi connectivity index (χ1) is 27.8. The van der Waals surface area contributed by atoms with Crippen LogP contribution in [0.15, 0.2) is 231 Å². The van der Waals surface area contributed by atoms with Gasteiger partial charge in [0.05, 0.1) is 11.0 Å². The van der Waals surface area contributed by atoms with E-state index in [9.17, 15) is 0 Å². The van der Waals surface area contributed by atoms with E-state index in [2.05, 4.69) is 240 Å². The van der Waals surface area contributed by atoms with Crippen molar-refractivity contribution in [1.82, 2.24) is 4.57 Å². The van der Waals surface area contributed by atoms with E-state index in [0.717, 1.165) is 22.7 Å². The summed E-state index contributed by atoms with van der Waals surface area (Å²) < 4.78 is 2.39. The third-order valence-corrected chi connectivity index (χ3v) is 10.8. The van der Waals surface area contributed by atoms with Gasteiger partial charge in [0.2, 0.25) is 0 Å². The number of benzene rings is 9. The molecular formula is C54H38N2. The summed E-state index contributed by atoms with van der Waals surface area (Å²) in [6.45, 7) is 0. The zero-order valence-corrected chi connectivity index (χ0v) is 30.8. The summed E-state index contributed by atoms with van der Waals surface area (Å²) in [5.41, 5.74) is 16.4.